The first kappa shape index (κ1) is 18.8. The Bertz CT molecular complexity index is 804. The van der Waals surface area contributed by atoms with Crippen molar-refractivity contribution >= 4 is 10.1 Å². The van der Waals surface area contributed by atoms with Crippen molar-refractivity contribution in [2.75, 3.05) is 6.61 Å². The monoisotopic (exact) mass is 378 g/mol. The summed E-state index contributed by atoms with van der Waals surface area (Å²) in [4.78, 5) is 0.0745. The van der Waals surface area contributed by atoms with Crippen molar-refractivity contribution in [1.82, 2.24) is 0 Å². The van der Waals surface area contributed by atoms with Crippen LogP contribution in [-0.4, -0.2) is 38.6 Å². The van der Waals surface area contributed by atoms with Gasteiger partial charge in [-0.05, 0) is 37.6 Å². The maximum absolute atomic E-state index is 12.3. The predicted molar refractivity (Wildman–Crippen MR) is 95.3 cm³/mol. The number of hydrogen-bond acceptors (Lipinski definition) is 6. The highest BCUT2D eigenvalue weighted by molar-refractivity contribution is 7.86. The minimum atomic E-state index is -3.91. The zero-order valence-corrected chi connectivity index (χ0v) is 15.3. The molecule has 0 amide bonds. The second-order valence-corrected chi connectivity index (χ2v) is 7.85. The quantitative estimate of drug-likeness (QED) is 0.778. The number of para-hydroxylation sites is 1. The lowest BCUT2D eigenvalue weighted by molar-refractivity contribution is -0.193. The summed E-state index contributed by atoms with van der Waals surface area (Å²) >= 11 is 0. The van der Waals surface area contributed by atoms with Crippen LogP contribution in [0.2, 0.25) is 0 Å². The molecule has 0 saturated carbocycles. The van der Waals surface area contributed by atoms with Crippen LogP contribution < -0.4 is 4.74 Å². The van der Waals surface area contributed by atoms with E-state index in [-0.39, 0.29) is 11.5 Å². The highest BCUT2D eigenvalue weighted by Crippen LogP contribution is 2.24. The molecule has 1 N–H and O–H groups in total. The maximum atomic E-state index is 12.3. The maximum Gasteiger partial charge on any atom is 0.297 e. The predicted octanol–water partition coefficient (Wildman–Crippen LogP) is 2.65. The van der Waals surface area contributed by atoms with Crippen LogP contribution in [0.15, 0.2) is 59.5 Å². The molecule has 0 aliphatic carbocycles. The molecular weight excluding hydrogens is 356 g/mol. The molecule has 1 fully saturated rings. The van der Waals surface area contributed by atoms with Gasteiger partial charge in [0.1, 0.15) is 11.9 Å². The van der Waals surface area contributed by atoms with Gasteiger partial charge in [-0.2, -0.15) is 8.42 Å². The topological polar surface area (TPSA) is 82.1 Å². The first-order valence-electron chi connectivity index (χ1n) is 8.45. The summed E-state index contributed by atoms with van der Waals surface area (Å²) < 4.78 is 41.1. The van der Waals surface area contributed by atoms with Gasteiger partial charge in [-0.3, -0.25) is 4.18 Å². The Morgan fingerprint density at radius 3 is 2.46 bits per heavy atom. The van der Waals surface area contributed by atoms with E-state index in [4.69, 9.17) is 13.7 Å². The number of aliphatic hydroxyl groups is 1. The van der Waals surface area contributed by atoms with Crippen LogP contribution in [0.3, 0.4) is 0 Å². The lowest BCUT2D eigenvalue weighted by atomic mass is 10.1. The Kier molecular flexibility index (Phi) is 5.93. The Hall–Kier alpha value is -1.93. The molecule has 1 aliphatic rings. The van der Waals surface area contributed by atoms with Gasteiger partial charge in [-0.15, -0.1) is 0 Å². The van der Waals surface area contributed by atoms with Crippen LogP contribution in [-0.2, 0) is 19.0 Å². The van der Waals surface area contributed by atoms with Crippen molar-refractivity contribution < 1.29 is 27.2 Å². The molecule has 0 aromatic heterocycles. The lowest BCUT2D eigenvalue weighted by Gasteiger charge is -2.33. The molecule has 0 bridgehead atoms. The molecule has 0 unspecified atom stereocenters. The molecule has 7 heteroatoms. The number of rotatable bonds is 6. The Morgan fingerprint density at radius 2 is 1.77 bits per heavy atom. The van der Waals surface area contributed by atoms with Gasteiger partial charge >= 0.3 is 0 Å². The van der Waals surface area contributed by atoms with Crippen LogP contribution in [0.25, 0.3) is 0 Å². The fourth-order valence-electron chi connectivity index (χ4n) is 2.66. The highest BCUT2D eigenvalue weighted by atomic mass is 32.2. The van der Waals surface area contributed by atoms with Gasteiger partial charge in [0.15, 0.2) is 6.29 Å². The van der Waals surface area contributed by atoms with Crippen molar-refractivity contribution in [3.05, 3.63) is 60.2 Å². The summed E-state index contributed by atoms with van der Waals surface area (Å²) in [6.45, 7) is 1.60. The average molecular weight is 378 g/mol. The molecule has 140 valence electrons. The van der Waals surface area contributed by atoms with Crippen LogP contribution in [0.4, 0.5) is 0 Å². The van der Waals surface area contributed by atoms with E-state index in [0.29, 0.717) is 18.6 Å². The van der Waals surface area contributed by atoms with E-state index in [9.17, 15) is 13.5 Å². The standard InChI is InChI=1S/C19H22O6S/c1-14-7-9-16(10-8-14)26(21,22)23-13-18-17(20)11-12-19(25-18)24-15-5-3-2-4-6-15/h2-10,17-20H,11-13H2,1H3/t17-,18+,19-/m0/s1. The zero-order chi connectivity index (χ0) is 18.6. The Balaban J connectivity index is 1.60. The largest absolute Gasteiger partial charge is 0.465 e. The van der Waals surface area contributed by atoms with Crippen molar-refractivity contribution in [3.8, 4) is 5.75 Å². The van der Waals surface area contributed by atoms with Gasteiger partial charge in [-0.25, -0.2) is 0 Å². The summed E-state index contributed by atoms with van der Waals surface area (Å²) in [5, 5.41) is 10.1. The van der Waals surface area contributed by atoms with Crippen molar-refractivity contribution in [2.24, 2.45) is 0 Å². The van der Waals surface area contributed by atoms with Gasteiger partial charge in [0, 0.05) is 6.42 Å². The van der Waals surface area contributed by atoms with E-state index in [1.165, 1.54) is 12.1 Å². The van der Waals surface area contributed by atoms with Gasteiger partial charge in [-0.1, -0.05) is 35.9 Å². The van der Waals surface area contributed by atoms with E-state index < -0.39 is 28.6 Å². The first-order chi connectivity index (χ1) is 12.4. The van der Waals surface area contributed by atoms with Gasteiger partial charge < -0.3 is 14.6 Å². The van der Waals surface area contributed by atoms with E-state index >= 15 is 0 Å². The summed E-state index contributed by atoms with van der Waals surface area (Å²) in [5.74, 6) is 0.654. The summed E-state index contributed by atoms with van der Waals surface area (Å²) in [6.07, 6.45) is -1.19. The fraction of sp³-hybridized carbons (Fsp3) is 0.368. The zero-order valence-electron chi connectivity index (χ0n) is 14.4. The van der Waals surface area contributed by atoms with Gasteiger partial charge in [0.25, 0.3) is 10.1 Å². The van der Waals surface area contributed by atoms with Gasteiger partial charge in [0.05, 0.1) is 17.6 Å². The smallest absolute Gasteiger partial charge is 0.297 e. The minimum Gasteiger partial charge on any atom is -0.465 e. The van der Waals surface area contributed by atoms with E-state index in [1.54, 1.807) is 12.1 Å². The molecule has 6 nitrogen and oxygen atoms in total. The Morgan fingerprint density at radius 1 is 1.08 bits per heavy atom. The van der Waals surface area contributed by atoms with E-state index in [1.807, 2.05) is 37.3 Å². The first-order valence-corrected chi connectivity index (χ1v) is 9.86. The third kappa shape index (κ3) is 4.82. The number of ether oxygens (including phenoxy) is 2. The van der Waals surface area contributed by atoms with Crippen molar-refractivity contribution in [1.29, 1.82) is 0 Å². The van der Waals surface area contributed by atoms with Gasteiger partial charge in [0.2, 0.25) is 0 Å². The summed E-state index contributed by atoms with van der Waals surface area (Å²) in [5.41, 5.74) is 0.955. The Labute approximate surface area is 153 Å². The molecule has 26 heavy (non-hydrogen) atoms. The molecule has 1 heterocycles. The van der Waals surface area contributed by atoms with Crippen LogP contribution >= 0.6 is 0 Å². The van der Waals surface area contributed by atoms with E-state index in [2.05, 4.69) is 0 Å². The molecule has 2 aromatic rings. The van der Waals surface area contributed by atoms with Crippen LogP contribution in [0.1, 0.15) is 18.4 Å². The molecule has 0 radical (unpaired) electrons. The highest BCUT2D eigenvalue weighted by Gasteiger charge is 2.32. The minimum absolute atomic E-state index is 0.0745. The molecule has 1 aliphatic heterocycles. The average Bonchev–Trinajstić information content (AvgIpc) is 2.63. The summed E-state index contributed by atoms with van der Waals surface area (Å²) in [7, 11) is -3.91. The number of aliphatic hydroxyl groups excluding tert-OH is 1. The normalized spacial score (nSPS) is 23.5. The number of aryl methyl sites for hydroxylation is 1. The third-order valence-corrected chi connectivity index (χ3v) is 5.46. The van der Waals surface area contributed by atoms with Crippen molar-refractivity contribution in [2.45, 2.75) is 43.2 Å². The number of benzene rings is 2. The summed E-state index contributed by atoms with van der Waals surface area (Å²) in [6, 6.07) is 15.6. The molecular formula is C19H22O6S. The van der Waals surface area contributed by atoms with E-state index in [0.717, 1.165) is 5.56 Å². The molecule has 3 rings (SSSR count). The fourth-order valence-corrected chi connectivity index (χ4v) is 3.58. The number of hydrogen-bond donors (Lipinski definition) is 1. The lowest BCUT2D eigenvalue weighted by Crippen LogP contribution is -2.44. The van der Waals surface area contributed by atoms with Crippen molar-refractivity contribution in [3.63, 3.8) is 0 Å². The van der Waals surface area contributed by atoms with Crippen LogP contribution in [0.5, 0.6) is 5.75 Å². The molecule has 3 atom stereocenters. The van der Waals surface area contributed by atoms with Crippen LogP contribution in [0, 0.1) is 6.92 Å². The SMILES string of the molecule is Cc1ccc(S(=O)(=O)OC[C@H]2O[C@H](Oc3ccccc3)CC[C@@H]2O)cc1. The third-order valence-electron chi connectivity index (χ3n) is 4.16. The molecule has 0 spiro atoms. The second-order valence-electron chi connectivity index (χ2n) is 6.23. The molecule has 1 saturated heterocycles. The second kappa shape index (κ2) is 8.18. The molecule has 2 aromatic carbocycles.